The maximum Gasteiger partial charge on any atom is 0.336 e. The zero-order valence-electron chi connectivity index (χ0n) is 12.7. The maximum absolute atomic E-state index is 11.9. The van der Waals surface area contributed by atoms with Crippen LogP contribution in [-0.4, -0.2) is 23.7 Å². The van der Waals surface area contributed by atoms with Crippen molar-refractivity contribution in [1.82, 2.24) is 5.32 Å². The van der Waals surface area contributed by atoms with Crippen molar-refractivity contribution in [2.24, 2.45) is 5.41 Å². The Morgan fingerprint density at radius 2 is 1.95 bits per heavy atom. The molecular formula is C16H22N2O3. The van der Waals surface area contributed by atoms with E-state index in [0.717, 1.165) is 24.0 Å². The molecule has 1 aliphatic rings. The second-order valence-electron chi connectivity index (χ2n) is 6.24. The van der Waals surface area contributed by atoms with Crippen LogP contribution in [0.3, 0.4) is 0 Å². The second kappa shape index (κ2) is 5.76. The summed E-state index contributed by atoms with van der Waals surface area (Å²) >= 11 is 0. The zero-order chi connectivity index (χ0) is 15.6. The van der Waals surface area contributed by atoms with E-state index in [4.69, 9.17) is 5.11 Å². The fourth-order valence-electron chi connectivity index (χ4n) is 2.58. The standard InChI is InChI=1S/C16H22N2O3/c1-10-7-12(8-13(11(10)2)14(19)20)18-15(21)17-9-16(3)5-4-6-16/h7-8H,4-6,9H2,1-3H3,(H,19,20)(H2,17,18,21). The van der Waals surface area contributed by atoms with E-state index in [0.29, 0.717) is 12.2 Å². The molecule has 5 nitrogen and oxygen atoms in total. The van der Waals surface area contributed by atoms with Crippen molar-refractivity contribution < 1.29 is 14.7 Å². The number of carbonyl (C=O) groups excluding carboxylic acids is 1. The number of carboxylic acid groups (broad SMARTS) is 1. The lowest BCUT2D eigenvalue weighted by Gasteiger charge is -2.38. The lowest BCUT2D eigenvalue weighted by molar-refractivity contribution is 0.0696. The first kappa shape index (κ1) is 15.4. The smallest absolute Gasteiger partial charge is 0.336 e. The van der Waals surface area contributed by atoms with Gasteiger partial charge in [0.05, 0.1) is 5.56 Å². The second-order valence-corrected chi connectivity index (χ2v) is 6.24. The maximum atomic E-state index is 11.9. The molecule has 0 radical (unpaired) electrons. The number of aryl methyl sites for hydroxylation is 1. The molecule has 0 aliphatic heterocycles. The number of carboxylic acids is 1. The average Bonchev–Trinajstić information content (AvgIpc) is 2.37. The van der Waals surface area contributed by atoms with Crippen LogP contribution in [0.5, 0.6) is 0 Å². The predicted octanol–water partition coefficient (Wildman–Crippen LogP) is 3.31. The minimum Gasteiger partial charge on any atom is -0.478 e. The highest BCUT2D eigenvalue weighted by atomic mass is 16.4. The quantitative estimate of drug-likeness (QED) is 0.796. The van der Waals surface area contributed by atoms with Gasteiger partial charge >= 0.3 is 12.0 Å². The van der Waals surface area contributed by atoms with Gasteiger partial charge in [-0.05, 0) is 55.4 Å². The molecule has 1 fully saturated rings. The molecule has 1 saturated carbocycles. The highest BCUT2D eigenvalue weighted by Crippen LogP contribution is 2.39. The minimum absolute atomic E-state index is 0.215. The number of hydrogen-bond donors (Lipinski definition) is 3. The summed E-state index contributed by atoms with van der Waals surface area (Å²) in [5.41, 5.74) is 2.50. The van der Waals surface area contributed by atoms with Gasteiger partial charge in [0, 0.05) is 12.2 Å². The van der Waals surface area contributed by atoms with E-state index in [-0.39, 0.29) is 17.0 Å². The third-order valence-electron chi connectivity index (χ3n) is 4.39. The SMILES string of the molecule is Cc1cc(NC(=O)NCC2(C)CCC2)cc(C(=O)O)c1C. The fraction of sp³-hybridized carbons (Fsp3) is 0.500. The lowest BCUT2D eigenvalue weighted by Crippen LogP contribution is -2.41. The highest BCUT2D eigenvalue weighted by molar-refractivity contribution is 5.94. The van der Waals surface area contributed by atoms with Crippen LogP contribution >= 0.6 is 0 Å². The van der Waals surface area contributed by atoms with Crippen molar-refractivity contribution >= 4 is 17.7 Å². The van der Waals surface area contributed by atoms with Crippen LogP contribution in [0, 0.1) is 19.3 Å². The van der Waals surface area contributed by atoms with Crippen molar-refractivity contribution in [3.8, 4) is 0 Å². The van der Waals surface area contributed by atoms with Crippen LogP contribution in [0.1, 0.15) is 47.7 Å². The molecule has 0 spiro atoms. The predicted molar refractivity (Wildman–Crippen MR) is 81.9 cm³/mol. The number of aromatic carboxylic acids is 1. The topological polar surface area (TPSA) is 78.4 Å². The van der Waals surface area contributed by atoms with Gasteiger partial charge in [0.15, 0.2) is 0 Å². The van der Waals surface area contributed by atoms with E-state index in [1.807, 2.05) is 6.92 Å². The summed E-state index contributed by atoms with van der Waals surface area (Å²) in [5, 5.41) is 14.7. The molecule has 1 aliphatic carbocycles. The number of anilines is 1. The molecule has 21 heavy (non-hydrogen) atoms. The van der Waals surface area contributed by atoms with Crippen molar-refractivity contribution in [2.75, 3.05) is 11.9 Å². The van der Waals surface area contributed by atoms with E-state index in [1.54, 1.807) is 13.0 Å². The number of rotatable bonds is 4. The Morgan fingerprint density at radius 1 is 1.29 bits per heavy atom. The molecule has 5 heteroatoms. The summed E-state index contributed by atoms with van der Waals surface area (Å²) in [7, 11) is 0. The summed E-state index contributed by atoms with van der Waals surface area (Å²) < 4.78 is 0. The first-order valence-corrected chi connectivity index (χ1v) is 7.20. The number of amides is 2. The molecule has 0 heterocycles. The fourth-order valence-corrected chi connectivity index (χ4v) is 2.58. The van der Waals surface area contributed by atoms with E-state index >= 15 is 0 Å². The number of hydrogen-bond acceptors (Lipinski definition) is 2. The van der Waals surface area contributed by atoms with Gasteiger partial charge in [-0.3, -0.25) is 0 Å². The van der Waals surface area contributed by atoms with Crippen LogP contribution in [-0.2, 0) is 0 Å². The molecule has 0 unspecified atom stereocenters. The molecule has 2 rings (SSSR count). The Labute approximate surface area is 124 Å². The Morgan fingerprint density at radius 3 is 2.48 bits per heavy atom. The number of carbonyl (C=O) groups is 2. The highest BCUT2D eigenvalue weighted by Gasteiger charge is 2.31. The summed E-state index contributed by atoms with van der Waals surface area (Å²) in [6.45, 7) is 6.41. The van der Waals surface area contributed by atoms with Crippen LogP contribution in [0.4, 0.5) is 10.5 Å². The molecule has 1 aromatic rings. The molecule has 0 aromatic heterocycles. The van der Waals surface area contributed by atoms with Crippen LogP contribution in [0.2, 0.25) is 0 Å². The Kier molecular flexibility index (Phi) is 4.21. The summed E-state index contributed by atoms with van der Waals surface area (Å²) in [5.74, 6) is -0.985. The number of nitrogens with one attached hydrogen (secondary N) is 2. The lowest BCUT2D eigenvalue weighted by atomic mass is 9.70. The van der Waals surface area contributed by atoms with Crippen LogP contribution in [0.25, 0.3) is 0 Å². The van der Waals surface area contributed by atoms with Crippen molar-refractivity contribution in [2.45, 2.75) is 40.0 Å². The monoisotopic (exact) mass is 290 g/mol. The number of urea groups is 1. The van der Waals surface area contributed by atoms with Crippen molar-refractivity contribution in [3.05, 3.63) is 28.8 Å². The van der Waals surface area contributed by atoms with Gasteiger partial charge in [0.2, 0.25) is 0 Å². The molecule has 2 amide bonds. The Balaban J connectivity index is 2.02. The molecule has 114 valence electrons. The minimum atomic E-state index is -0.985. The molecule has 0 saturated heterocycles. The summed E-state index contributed by atoms with van der Waals surface area (Å²) in [6, 6.07) is 2.99. The van der Waals surface area contributed by atoms with Gasteiger partial charge < -0.3 is 15.7 Å². The Hall–Kier alpha value is -2.04. The van der Waals surface area contributed by atoms with E-state index < -0.39 is 5.97 Å². The van der Waals surface area contributed by atoms with Gasteiger partial charge in [-0.2, -0.15) is 0 Å². The Bertz CT molecular complexity index is 577. The first-order chi connectivity index (χ1) is 9.81. The van der Waals surface area contributed by atoms with Crippen LogP contribution in [0.15, 0.2) is 12.1 Å². The van der Waals surface area contributed by atoms with Crippen molar-refractivity contribution in [1.29, 1.82) is 0 Å². The van der Waals surface area contributed by atoms with Gasteiger partial charge in [-0.15, -0.1) is 0 Å². The molecule has 0 bridgehead atoms. The van der Waals surface area contributed by atoms with E-state index in [1.165, 1.54) is 12.5 Å². The number of benzene rings is 1. The van der Waals surface area contributed by atoms with Gasteiger partial charge in [0.25, 0.3) is 0 Å². The molecule has 0 atom stereocenters. The third-order valence-corrected chi connectivity index (χ3v) is 4.39. The van der Waals surface area contributed by atoms with Crippen LogP contribution < -0.4 is 10.6 Å². The van der Waals surface area contributed by atoms with Gasteiger partial charge in [-0.25, -0.2) is 9.59 Å². The summed E-state index contributed by atoms with van der Waals surface area (Å²) in [6.07, 6.45) is 3.50. The third kappa shape index (κ3) is 3.54. The normalized spacial score (nSPS) is 16.0. The van der Waals surface area contributed by atoms with Gasteiger partial charge in [-0.1, -0.05) is 13.3 Å². The average molecular weight is 290 g/mol. The van der Waals surface area contributed by atoms with Crippen molar-refractivity contribution in [3.63, 3.8) is 0 Å². The first-order valence-electron chi connectivity index (χ1n) is 7.20. The molecular weight excluding hydrogens is 268 g/mol. The molecule has 3 N–H and O–H groups in total. The summed E-state index contributed by atoms with van der Waals surface area (Å²) in [4.78, 5) is 23.1. The zero-order valence-corrected chi connectivity index (χ0v) is 12.7. The van der Waals surface area contributed by atoms with E-state index in [2.05, 4.69) is 17.6 Å². The van der Waals surface area contributed by atoms with E-state index in [9.17, 15) is 9.59 Å². The largest absolute Gasteiger partial charge is 0.478 e. The molecule has 1 aromatic carbocycles. The van der Waals surface area contributed by atoms with Gasteiger partial charge in [0.1, 0.15) is 0 Å².